The summed E-state index contributed by atoms with van der Waals surface area (Å²) in [5.74, 6) is 0.190. The van der Waals surface area contributed by atoms with Crippen LogP contribution in [-0.4, -0.2) is 28.5 Å². The number of unbranched alkanes of at least 4 members (excludes halogenated alkanes) is 1. The Labute approximate surface area is 136 Å². The quantitative estimate of drug-likeness (QED) is 0.849. The highest BCUT2D eigenvalue weighted by Gasteiger charge is 2.16. The standard InChI is InChI=1S/C17H22N6/c1-3-4-9-23(2)11-12-7-5-6-8-13(12)15-14(10-18)16(19)22-17(20)21-15/h5-8H,3-4,9,11H2,1-2H3,(H4,19,20,21,22). The van der Waals surface area contributed by atoms with Crippen LogP contribution in [0.4, 0.5) is 11.8 Å². The molecule has 0 aliphatic carbocycles. The smallest absolute Gasteiger partial charge is 0.222 e. The van der Waals surface area contributed by atoms with E-state index in [4.69, 9.17) is 11.5 Å². The van der Waals surface area contributed by atoms with E-state index >= 15 is 0 Å². The number of rotatable bonds is 6. The second-order valence-corrected chi connectivity index (χ2v) is 5.55. The molecule has 0 aliphatic rings. The fourth-order valence-electron chi connectivity index (χ4n) is 2.49. The van der Waals surface area contributed by atoms with Gasteiger partial charge in [0, 0.05) is 12.1 Å². The molecule has 6 heteroatoms. The van der Waals surface area contributed by atoms with Crippen molar-refractivity contribution in [3.8, 4) is 17.3 Å². The average Bonchev–Trinajstić information content (AvgIpc) is 2.53. The van der Waals surface area contributed by atoms with Crippen molar-refractivity contribution >= 4 is 11.8 Å². The van der Waals surface area contributed by atoms with Gasteiger partial charge < -0.3 is 16.4 Å². The molecule has 0 saturated heterocycles. The lowest BCUT2D eigenvalue weighted by atomic mass is 10.0. The summed E-state index contributed by atoms with van der Waals surface area (Å²) in [5.41, 5.74) is 14.3. The van der Waals surface area contributed by atoms with E-state index in [9.17, 15) is 5.26 Å². The zero-order chi connectivity index (χ0) is 16.8. The maximum atomic E-state index is 9.38. The molecule has 120 valence electrons. The van der Waals surface area contributed by atoms with E-state index in [-0.39, 0.29) is 17.3 Å². The number of hydrogen-bond donors (Lipinski definition) is 2. The minimum absolute atomic E-state index is 0.0747. The van der Waals surface area contributed by atoms with Crippen molar-refractivity contribution in [3.63, 3.8) is 0 Å². The number of hydrogen-bond acceptors (Lipinski definition) is 6. The molecular formula is C17H22N6. The molecule has 0 bridgehead atoms. The van der Waals surface area contributed by atoms with Crippen LogP contribution in [0.25, 0.3) is 11.3 Å². The molecule has 0 unspecified atom stereocenters. The van der Waals surface area contributed by atoms with Crippen LogP contribution >= 0.6 is 0 Å². The minimum atomic E-state index is 0.0747. The van der Waals surface area contributed by atoms with Gasteiger partial charge in [-0.1, -0.05) is 37.6 Å². The second kappa shape index (κ2) is 7.56. The summed E-state index contributed by atoms with van der Waals surface area (Å²) in [6, 6.07) is 9.95. The van der Waals surface area contributed by atoms with Crippen molar-refractivity contribution in [1.29, 1.82) is 5.26 Å². The number of anilines is 2. The largest absolute Gasteiger partial charge is 0.382 e. The van der Waals surface area contributed by atoms with Crippen molar-refractivity contribution in [2.24, 2.45) is 0 Å². The van der Waals surface area contributed by atoms with Crippen molar-refractivity contribution in [3.05, 3.63) is 35.4 Å². The average molecular weight is 310 g/mol. The number of benzene rings is 1. The number of nitrogens with zero attached hydrogens (tertiary/aromatic N) is 4. The Balaban J connectivity index is 2.44. The Morgan fingerprint density at radius 1 is 1.22 bits per heavy atom. The monoisotopic (exact) mass is 310 g/mol. The number of nitrogen functional groups attached to an aromatic ring is 2. The molecule has 23 heavy (non-hydrogen) atoms. The van der Waals surface area contributed by atoms with E-state index in [2.05, 4.69) is 34.9 Å². The first-order valence-electron chi connectivity index (χ1n) is 7.66. The highest BCUT2D eigenvalue weighted by molar-refractivity contribution is 5.75. The Kier molecular flexibility index (Phi) is 5.50. The summed E-state index contributed by atoms with van der Waals surface area (Å²) in [5, 5.41) is 9.38. The van der Waals surface area contributed by atoms with E-state index in [0.29, 0.717) is 5.69 Å². The number of nitrogens with two attached hydrogens (primary N) is 2. The van der Waals surface area contributed by atoms with Crippen molar-refractivity contribution < 1.29 is 0 Å². The summed E-state index contributed by atoms with van der Waals surface area (Å²) in [6.45, 7) is 3.96. The summed E-state index contributed by atoms with van der Waals surface area (Å²) in [7, 11) is 2.08. The zero-order valence-corrected chi connectivity index (χ0v) is 13.6. The lowest BCUT2D eigenvalue weighted by Gasteiger charge is -2.19. The first-order valence-corrected chi connectivity index (χ1v) is 7.66. The summed E-state index contributed by atoms with van der Waals surface area (Å²) in [4.78, 5) is 10.4. The van der Waals surface area contributed by atoms with Crippen LogP contribution in [0.2, 0.25) is 0 Å². The first kappa shape index (κ1) is 16.7. The van der Waals surface area contributed by atoms with Crippen LogP contribution in [0, 0.1) is 11.3 Å². The molecule has 6 nitrogen and oxygen atoms in total. The van der Waals surface area contributed by atoms with E-state index in [1.165, 1.54) is 0 Å². The normalized spacial score (nSPS) is 10.7. The van der Waals surface area contributed by atoms with Gasteiger partial charge in [0.1, 0.15) is 17.5 Å². The molecular weight excluding hydrogens is 288 g/mol. The topological polar surface area (TPSA) is 105 Å². The van der Waals surface area contributed by atoms with Gasteiger partial charge in [0.15, 0.2) is 0 Å². The van der Waals surface area contributed by atoms with E-state index in [1.54, 1.807) is 0 Å². The number of aromatic nitrogens is 2. The molecule has 0 amide bonds. The molecule has 0 saturated carbocycles. The predicted molar refractivity (Wildman–Crippen MR) is 92.2 cm³/mol. The van der Waals surface area contributed by atoms with Gasteiger partial charge in [-0.15, -0.1) is 0 Å². The van der Waals surface area contributed by atoms with Crippen LogP contribution in [0.1, 0.15) is 30.9 Å². The minimum Gasteiger partial charge on any atom is -0.382 e. The Morgan fingerprint density at radius 2 is 1.96 bits per heavy atom. The van der Waals surface area contributed by atoms with Crippen LogP contribution in [0.3, 0.4) is 0 Å². The van der Waals surface area contributed by atoms with Gasteiger partial charge in [0.25, 0.3) is 0 Å². The third kappa shape index (κ3) is 3.96. The molecule has 0 atom stereocenters. The van der Waals surface area contributed by atoms with E-state index < -0.39 is 0 Å². The lowest BCUT2D eigenvalue weighted by Crippen LogP contribution is -2.19. The highest BCUT2D eigenvalue weighted by Crippen LogP contribution is 2.28. The van der Waals surface area contributed by atoms with Crippen molar-refractivity contribution in [2.75, 3.05) is 25.1 Å². The van der Waals surface area contributed by atoms with Crippen LogP contribution < -0.4 is 11.5 Å². The highest BCUT2D eigenvalue weighted by atomic mass is 15.1. The molecule has 0 spiro atoms. The Bertz CT molecular complexity index is 720. The Hall–Kier alpha value is -2.65. The van der Waals surface area contributed by atoms with Gasteiger partial charge >= 0.3 is 0 Å². The second-order valence-electron chi connectivity index (χ2n) is 5.55. The fraction of sp³-hybridized carbons (Fsp3) is 0.353. The van der Waals surface area contributed by atoms with Crippen molar-refractivity contribution in [1.82, 2.24) is 14.9 Å². The van der Waals surface area contributed by atoms with Gasteiger partial charge in [-0.2, -0.15) is 10.2 Å². The Morgan fingerprint density at radius 3 is 2.65 bits per heavy atom. The molecule has 2 rings (SSSR count). The van der Waals surface area contributed by atoms with Gasteiger partial charge in [-0.3, -0.25) is 0 Å². The maximum Gasteiger partial charge on any atom is 0.222 e. The number of nitriles is 1. The SMILES string of the molecule is CCCCN(C)Cc1ccccc1-c1nc(N)nc(N)c1C#N. The molecule has 0 fully saturated rings. The molecule has 1 heterocycles. The first-order chi connectivity index (χ1) is 11.1. The van der Waals surface area contributed by atoms with Gasteiger partial charge in [-0.05, 0) is 25.6 Å². The van der Waals surface area contributed by atoms with Gasteiger partial charge in [0.2, 0.25) is 5.95 Å². The predicted octanol–water partition coefficient (Wildman–Crippen LogP) is 2.41. The van der Waals surface area contributed by atoms with Crippen LogP contribution in [-0.2, 0) is 6.54 Å². The van der Waals surface area contributed by atoms with Crippen LogP contribution in [0.15, 0.2) is 24.3 Å². The van der Waals surface area contributed by atoms with E-state index in [0.717, 1.165) is 37.1 Å². The van der Waals surface area contributed by atoms with Crippen LogP contribution in [0.5, 0.6) is 0 Å². The fourth-order valence-corrected chi connectivity index (χ4v) is 2.49. The molecule has 4 N–H and O–H groups in total. The summed E-state index contributed by atoms with van der Waals surface area (Å²) >= 11 is 0. The molecule has 0 aliphatic heterocycles. The third-order valence-electron chi connectivity index (χ3n) is 3.67. The molecule has 1 aromatic heterocycles. The summed E-state index contributed by atoms with van der Waals surface area (Å²) < 4.78 is 0. The van der Waals surface area contributed by atoms with Crippen molar-refractivity contribution in [2.45, 2.75) is 26.3 Å². The van der Waals surface area contributed by atoms with Gasteiger partial charge in [-0.25, -0.2) is 4.98 Å². The van der Waals surface area contributed by atoms with E-state index in [1.807, 2.05) is 24.3 Å². The molecule has 0 radical (unpaired) electrons. The maximum absolute atomic E-state index is 9.38. The third-order valence-corrected chi connectivity index (χ3v) is 3.67. The van der Waals surface area contributed by atoms with Gasteiger partial charge in [0.05, 0.1) is 5.69 Å². The lowest BCUT2D eigenvalue weighted by molar-refractivity contribution is 0.321. The zero-order valence-electron chi connectivity index (χ0n) is 13.6. The molecule has 2 aromatic rings. The molecule has 1 aromatic carbocycles. The summed E-state index contributed by atoms with van der Waals surface area (Å²) in [6.07, 6.45) is 2.30.